The van der Waals surface area contributed by atoms with Gasteiger partial charge in [0.2, 0.25) is 11.7 Å². The maximum atomic E-state index is 11.3. The average Bonchev–Trinajstić information content (AvgIpc) is 2.33. The van der Waals surface area contributed by atoms with E-state index in [2.05, 4.69) is 20.5 Å². The maximum Gasteiger partial charge on any atom is 0.224 e. The molecule has 0 aromatic carbocycles. The molecule has 0 aliphatic carbocycles. The molecule has 1 heterocycles. The first-order chi connectivity index (χ1) is 8.21. The van der Waals surface area contributed by atoms with Crippen LogP contribution in [0.5, 0.6) is 0 Å². The molecule has 0 fully saturated rings. The smallest absolute Gasteiger partial charge is 0.224 e. The van der Waals surface area contributed by atoms with Crippen molar-refractivity contribution in [2.75, 3.05) is 5.32 Å². The molecule has 0 unspecified atom stereocenters. The molecule has 0 atom stereocenters. The molecule has 1 aromatic heterocycles. The summed E-state index contributed by atoms with van der Waals surface area (Å²) in [7, 11) is 0. The van der Waals surface area contributed by atoms with Gasteiger partial charge in [-0.2, -0.15) is 5.10 Å². The molecule has 7 heteroatoms. The molecule has 0 bridgehead atoms. The molecule has 0 aliphatic heterocycles. The van der Waals surface area contributed by atoms with Gasteiger partial charge in [0.05, 0.1) is 11.9 Å². The summed E-state index contributed by atoms with van der Waals surface area (Å²) in [5, 5.41) is 9.13. The molecule has 0 saturated heterocycles. The summed E-state index contributed by atoms with van der Waals surface area (Å²) in [6, 6.07) is 3.25. The maximum absolute atomic E-state index is 11.3. The highest BCUT2D eigenvalue weighted by atomic mass is 16.1. The second-order valence-corrected chi connectivity index (χ2v) is 3.29. The molecule has 90 valence electrons. The van der Waals surface area contributed by atoms with Crippen molar-refractivity contribution in [2.45, 2.75) is 19.8 Å². The zero-order valence-electron chi connectivity index (χ0n) is 9.47. The molecular weight excluding hydrogens is 220 g/mol. The molecule has 0 spiro atoms. The predicted molar refractivity (Wildman–Crippen MR) is 63.6 cm³/mol. The van der Waals surface area contributed by atoms with Crippen molar-refractivity contribution in [3.8, 4) is 0 Å². The first-order valence-corrected chi connectivity index (χ1v) is 5.12. The van der Waals surface area contributed by atoms with Crippen LogP contribution in [0.2, 0.25) is 0 Å². The number of rotatable bonds is 4. The number of carbonyl (C=O) groups excluding carboxylic acids is 1. The third-order valence-electron chi connectivity index (χ3n) is 1.98. The van der Waals surface area contributed by atoms with Gasteiger partial charge in [-0.1, -0.05) is 6.92 Å². The molecule has 1 amide bonds. The van der Waals surface area contributed by atoms with E-state index in [1.165, 1.54) is 6.20 Å². The molecule has 1 rings (SSSR count). The van der Waals surface area contributed by atoms with Crippen LogP contribution in [0.1, 0.15) is 25.5 Å². The lowest BCUT2D eigenvalue weighted by atomic mass is 10.3. The highest BCUT2D eigenvalue weighted by molar-refractivity contribution is 5.97. The Bertz CT molecular complexity index is 425. The number of hydrogen-bond donors (Lipinski definition) is 3. The van der Waals surface area contributed by atoms with Gasteiger partial charge in [0.1, 0.15) is 5.69 Å². The Balaban J connectivity index is 2.74. The van der Waals surface area contributed by atoms with Gasteiger partial charge in [-0.05, 0) is 18.6 Å². The Hall–Kier alpha value is -2.31. The Labute approximate surface area is 98.6 Å². The van der Waals surface area contributed by atoms with Crippen molar-refractivity contribution in [2.24, 2.45) is 16.1 Å². The van der Waals surface area contributed by atoms with E-state index in [1.807, 2.05) is 6.92 Å². The van der Waals surface area contributed by atoms with E-state index < -0.39 is 0 Å². The quantitative estimate of drug-likeness (QED) is 0.241. The van der Waals surface area contributed by atoms with E-state index in [1.54, 1.807) is 12.1 Å². The van der Waals surface area contributed by atoms with Crippen LogP contribution in [0, 0.1) is 5.53 Å². The Morgan fingerprint density at radius 3 is 2.82 bits per heavy atom. The van der Waals surface area contributed by atoms with Gasteiger partial charge >= 0.3 is 0 Å². The van der Waals surface area contributed by atoms with Crippen LogP contribution in [-0.2, 0) is 4.79 Å². The van der Waals surface area contributed by atoms with Crippen molar-refractivity contribution >= 4 is 17.4 Å². The lowest BCUT2D eigenvalue weighted by Crippen LogP contribution is -2.11. The number of nitrogens with zero attached hydrogens (tertiary/aromatic N) is 3. The van der Waals surface area contributed by atoms with Crippen LogP contribution in [0.3, 0.4) is 0 Å². The average molecular weight is 234 g/mol. The first kappa shape index (κ1) is 12.8. The zero-order chi connectivity index (χ0) is 12.7. The number of aromatic nitrogens is 1. The van der Waals surface area contributed by atoms with Gasteiger partial charge in [-0.3, -0.25) is 9.78 Å². The van der Waals surface area contributed by atoms with Crippen molar-refractivity contribution in [3.05, 3.63) is 24.0 Å². The molecule has 0 aliphatic rings. The number of hydrazone groups is 1. The first-order valence-electron chi connectivity index (χ1n) is 5.12. The van der Waals surface area contributed by atoms with Crippen molar-refractivity contribution in [1.29, 1.82) is 5.53 Å². The third kappa shape index (κ3) is 3.63. The lowest BCUT2D eigenvalue weighted by molar-refractivity contribution is -0.116. The van der Waals surface area contributed by atoms with E-state index in [9.17, 15) is 4.79 Å². The van der Waals surface area contributed by atoms with Gasteiger partial charge in [0.15, 0.2) is 0 Å². The van der Waals surface area contributed by atoms with Crippen molar-refractivity contribution < 1.29 is 4.79 Å². The van der Waals surface area contributed by atoms with Gasteiger partial charge in [0.25, 0.3) is 0 Å². The number of carbonyl (C=O) groups is 1. The standard InChI is InChI=1S/C10H14N6O/c1-2-3-9(17)14-7-4-5-8(13-6-7)10(15-11)16-12/h4-6,11H,2-3,12H2,1H3,(H,14,17)/b15-11?,16-10-. The molecule has 0 saturated carbocycles. The summed E-state index contributed by atoms with van der Waals surface area (Å²) in [5.74, 6) is 5.02. The van der Waals surface area contributed by atoms with Crippen molar-refractivity contribution in [1.82, 2.24) is 4.98 Å². The third-order valence-corrected chi connectivity index (χ3v) is 1.98. The monoisotopic (exact) mass is 234 g/mol. The molecule has 17 heavy (non-hydrogen) atoms. The number of nitrogens with one attached hydrogen (secondary N) is 2. The predicted octanol–water partition coefficient (Wildman–Crippen LogP) is 1.47. The molecule has 7 nitrogen and oxygen atoms in total. The fourth-order valence-corrected chi connectivity index (χ4v) is 1.20. The van der Waals surface area contributed by atoms with E-state index in [0.29, 0.717) is 17.8 Å². The Morgan fingerprint density at radius 2 is 2.35 bits per heavy atom. The highest BCUT2D eigenvalue weighted by Gasteiger charge is 2.05. The number of amides is 1. The van der Waals surface area contributed by atoms with Crippen molar-refractivity contribution in [3.63, 3.8) is 0 Å². The second-order valence-electron chi connectivity index (χ2n) is 3.29. The van der Waals surface area contributed by atoms with Gasteiger partial charge in [0, 0.05) is 6.42 Å². The summed E-state index contributed by atoms with van der Waals surface area (Å²) in [6.07, 6.45) is 2.73. The van der Waals surface area contributed by atoms with Crippen LogP contribution >= 0.6 is 0 Å². The second kappa shape index (κ2) is 6.31. The van der Waals surface area contributed by atoms with E-state index in [-0.39, 0.29) is 11.7 Å². The van der Waals surface area contributed by atoms with Crippen LogP contribution in [-0.4, -0.2) is 16.7 Å². The SMILES string of the molecule is CCCC(=O)Nc1ccc(/C(N=N)=N/N)nc1. The Morgan fingerprint density at radius 1 is 1.59 bits per heavy atom. The van der Waals surface area contributed by atoms with Gasteiger partial charge in [-0.15, -0.1) is 5.11 Å². The normalized spacial score (nSPS) is 11.0. The van der Waals surface area contributed by atoms with E-state index >= 15 is 0 Å². The van der Waals surface area contributed by atoms with Gasteiger partial charge < -0.3 is 11.2 Å². The lowest BCUT2D eigenvalue weighted by Gasteiger charge is -2.04. The van der Waals surface area contributed by atoms with E-state index in [4.69, 9.17) is 11.4 Å². The topological polar surface area (TPSA) is 117 Å². The van der Waals surface area contributed by atoms with Crippen LogP contribution in [0.15, 0.2) is 28.5 Å². The number of anilines is 1. The van der Waals surface area contributed by atoms with Crippen LogP contribution in [0.25, 0.3) is 0 Å². The van der Waals surface area contributed by atoms with Crippen LogP contribution in [0.4, 0.5) is 5.69 Å². The minimum atomic E-state index is -0.0556. The zero-order valence-corrected chi connectivity index (χ0v) is 9.47. The molecule has 4 N–H and O–H groups in total. The summed E-state index contributed by atoms with van der Waals surface area (Å²) < 4.78 is 0. The van der Waals surface area contributed by atoms with Gasteiger partial charge in [-0.25, -0.2) is 5.53 Å². The molecule has 1 aromatic rings. The summed E-state index contributed by atoms with van der Waals surface area (Å²) in [5.41, 5.74) is 7.80. The minimum absolute atomic E-state index is 0.0384. The fraction of sp³-hybridized carbons (Fsp3) is 0.300. The Kier molecular flexibility index (Phi) is 4.74. The summed E-state index contributed by atoms with van der Waals surface area (Å²) >= 11 is 0. The van der Waals surface area contributed by atoms with E-state index in [0.717, 1.165) is 6.42 Å². The summed E-state index contributed by atoms with van der Waals surface area (Å²) in [4.78, 5) is 15.3. The molecular formula is C10H14N6O. The minimum Gasteiger partial charge on any atom is -0.325 e. The largest absolute Gasteiger partial charge is 0.325 e. The number of pyridine rings is 1. The number of hydrogen-bond acceptors (Lipinski definition) is 5. The summed E-state index contributed by atoms with van der Waals surface area (Å²) in [6.45, 7) is 1.93. The fourth-order valence-electron chi connectivity index (χ4n) is 1.20. The molecule has 0 radical (unpaired) electrons. The number of nitrogens with two attached hydrogens (primary N) is 1. The van der Waals surface area contributed by atoms with Crippen LogP contribution < -0.4 is 11.2 Å². The number of amidine groups is 1. The highest BCUT2D eigenvalue weighted by Crippen LogP contribution is 2.08.